The SMILES string of the molecule is CCC(O)C(C)C1OC1CC(C)(O)/C=C/C=C(\C)C1OC(=O)CC(O)CCC(C)(OC)C(OC(=O)N2CCCCC2)/C=C/C1C. The Morgan fingerprint density at radius 2 is 1.96 bits per heavy atom. The monoisotopic (exact) mass is 635 g/mol. The second-order valence-corrected chi connectivity index (χ2v) is 13.7. The fraction of sp³-hybridized carbons (Fsp3) is 0.771. The first-order valence-electron chi connectivity index (χ1n) is 16.7. The second kappa shape index (κ2) is 16.5. The number of rotatable bonds is 10. The molecule has 0 bridgehead atoms. The summed E-state index contributed by atoms with van der Waals surface area (Å²) in [7, 11) is 1.56. The number of carbonyl (C=O) groups is 2. The first-order valence-corrected chi connectivity index (χ1v) is 16.7. The van der Waals surface area contributed by atoms with E-state index < -0.39 is 41.6 Å². The van der Waals surface area contributed by atoms with Crippen LogP contribution in [-0.4, -0.2) is 100 Å². The molecule has 10 unspecified atom stereocenters. The standard InChI is InChI=1S/C35H57NO9/c1-8-27(38)25(4)32-28(43-32)22-34(5,41)17-12-13-23(2)31-24(3)14-15-29(44-33(40)36-19-10-9-11-20-36)35(6,42-7)18-16-26(37)21-30(39)45-31/h12-15,17,24-29,31-32,37-38,41H,8-11,16,18-22H2,1-7H3/b15-14+,17-12+,23-13+. The number of esters is 1. The van der Waals surface area contributed by atoms with E-state index in [4.69, 9.17) is 18.9 Å². The van der Waals surface area contributed by atoms with Crippen molar-refractivity contribution in [3.05, 3.63) is 36.0 Å². The summed E-state index contributed by atoms with van der Waals surface area (Å²) in [5.74, 6) is -0.815. The maximum Gasteiger partial charge on any atom is 0.410 e. The topological polar surface area (TPSA) is 138 Å². The molecule has 3 N–H and O–H groups in total. The minimum atomic E-state index is -1.14. The lowest BCUT2D eigenvalue weighted by Crippen LogP contribution is -2.47. The lowest BCUT2D eigenvalue weighted by atomic mass is 9.88. The van der Waals surface area contributed by atoms with E-state index in [1.807, 2.05) is 40.7 Å². The van der Waals surface area contributed by atoms with Crippen molar-refractivity contribution in [3.8, 4) is 0 Å². The molecule has 3 aliphatic rings. The number of methoxy groups -OCH3 is 1. The summed E-state index contributed by atoms with van der Waals surface area (Å²) in [5, 5.41) is 31.8. The summed E-state index contributed by atoms with van der Waals surface area (Å²) in [6, 6.07) is 0. The quantitative estimate of drug-likeness (QED) is 0.133. The van der Waals surface area contributed by atoms with Gasteiger partial charge < -0.3 is 39.2 Å². The fourth-order valence-electron chi connectivity index (χ4n) is 6.27. The number of likely N-dealkylation sites (tertiary alicyclic amines) is 1. The van der Waals surface area contributed by atoms with Gasteiger partial charge in [0.2, 0.25) is 0 Å². The van der Waals surface area contributed by atoms with E-state index in [0.29, 0.717) is 32.4 Å². The van der Waals surface area contributed by atoms with Gasteiger partial charge >= 0.3 is 12.1 Å². The van der Waals surface area contributed by atoms with Crippen LogP contribution in [0.4, 0.5) is 4.79 Å². The van der Waals surface area contributed by atoms with Crippen molar-refractivity contribution in [1.29, 1.82) is 0 Å². The molecular weight excluding hydrogens is 578 g/mol. The molecule has 3 rings (SSSR count). The van der Waals surface area contributed by atoms with Crippen LogP contribution in [0, 0.1) is 11.8 Å². The van der Waals surface area contributed by atoms with Crippen LogP contribution in [0.5, 0.6) is 0 Å². The van der Waals surface area contributed by atoms with Gasteiger partial charge in [0.25, 0.3) is 0 Å². The van der Waals surface area contributed by atoms with E-state index in [1.54, 1.807) is 43.2 Å². The van der Waals surface area contributed by atoms with E-state index in [2.05, 4.69) is 0 Å². The molecule has 0 radical (unpaired) electrons. The van der Waals surface area contributed by atoms with Gasteiger partial charge in [-0.1, -0.05) is 45.1 Å². The van der Waals surface area contributed by atoms with Crippen molar-refractivity contribution >= 4 is 12.1 Å². The van der Waals surface area contributed by atoms with Gasteiger partial charge in [-0.2, -0.15) is 0 Å². The summed E-state index contributed by atoms with van der Waals surface area (Å²) < 4.78 is 23.5. The summed E-state index contributed by atoms with van der Waals surface area (Å²) in [5.41, 5.74) is -1.31. The Balaban J connectivity index is 1.77. The van der Waals surface area contributed by atoms with E-state index in [9.17, 15) is 24.9 Å². The maximum atomic E-state index is 13.1. The van der Waals surface area contributed by atoms with Crippen LogP contribution in [0.15, 0.2) is 36.0 Å². The molecule has 0 saturated carbocycles. The van der Waals surface area contributed by atoms with Gasteiger partial charge in [-0.25, -0.2) is 4.79 Å². The van der Waals surface area contributed by atoms with E-state index >= 15 is 0 Å². The Labute approximate surface area is 269 Å². The Hall–Kier alpha value is -2.24. The smallest absolute Gasteiger partial charge is 0.410 e. The van der Waals surface area contributed by atoms with Crippen molar-refractivity contribution in [3.63, 3.8) is 0 Å². The van der Waals surface area contributed by atoms with E-state index in [1.165, 1.54) is 0 Å². The average molecular weight is 636 g/mol. The zero-order valence-electron chi connectivity index (χ0n) is 28.3. The molecule has 10 nitrogen and oxygen atoms in total. The molecule has 0 aliphatic carbocycles. The number of cyclic esters (lactones) is 1. The third kappa shape index (κ3) is 10.9. The molecule has 0 aromatic heterocycles. The zero-order chi connectivity index (χ0) is 33.4. The van der Waals surface area contributed by atoms with Gasteiger partial charge in [-0.3, -0.25) is 4.79 Å². The molecule has 3 aliphatic heterocycles. The number of carbonyl (C=O) groups excluding carboxylic acids is 2. The lowest BCUT2D eigenvalue weighted by Gasteiger charge is -2.37. The van der Waals surface area contributed by atoms with Crippen LogP contribution in [0.3, 0.4) is 0 Å². The van der Waals surface area contributed by atoms with Crippen LogP contribution in [0.2, 0.25) is 0 Å². The van der Waals surface area contributed by atoms with E-state index in [0.717, 1.165) is 24.8 Å². The predicted molar refractivity (Wildman–Crippen MR) is 171 cm³/mol. The van der Waals surface area contributed by atoms with Gasteiger partial charge in [0.15, 0.2) is 6.10 Å². The largest absolute Gasteiger partial charge is 0.457 e. The number of hydrogen-bond acceptors (Lipinski definition) is 9. The fourth-order valence-corrected chi connectivity index (χ4v) is 6.27. The lowest BCUT2D eigenvalue weighted by molar-refractivity contribution is -0.151. The molecule has 10 atom stereocenters. The minimum absolute atomic E-state index is 0.000374. The number of hydrogen-bond donors (Lipinski definition) is 3. The molecular formula is C35H57NO9. The molecule has 2 saturated heterocycles. The molecule has 0 aromatic rings. The van der Waals surface area contributed by atoms with Crippen molar-refractivity contribution in [2.24, 2.45) is 11.8 Å². The Kier molecular flexibility index (Phi) is 13.7. The Morgan fingerprint density at radius 1 is 1.27 bits per heavy atom. The number of aliphatic hydroxyl groups excluding tert-OH is 2. The summed E-state index contributed by atoms with van der Waals surface area (Å²) in [6.45, 7) is 12.6. The third-order valence-electron chi connectivity index (χ3n) is 9.65. The van der Waals surface area contributed by atoms with E-state index in [-0.39, 0.29) is 43.0 Å². The normalized spacial score (nSPS) is 35.4. The molecule has 0 aromatic carbocycles. The number of aliphatic hydroxyl groups is 3. The highest BCUT2D eigenvalue weighted by Crippen LogP contribution is 2.37. The predicted octanol–water partition coefficient (Wildman–Crippen LogP) is 4.85. The Bertz CT molecular complexity index is 1070. The molecule has 10 heteroatoms. The highest BCUT2D eigenvalue weighted by molar-refractivity contribution is 5.70. The van der Waals surface area contributed by atoms with Crippen molar-refractivity contribution in [1.82, 2.24) is 4.90 Å². The Morgan fingerprint density at radius 3 is 2.60 bits per heavy atom. The highest BCUT2D eigenvalue weighted by Gasteiger charge is 2.47. The molecule has 2 fully saturated rings. The van der Waals surface area contributed by atoms with Crippen molar-refractivity contribution in [2.45, 2.75) is 141 Å². The van der Waals surface area contributed by atoms with Crippen LogP contribution in [0.25, 0.3) is 0 Å². The highest BCUT2D eigenvalue weighted by atomic mass is 16.6. The number of amides is 1. The van der Waals surface area contributed by atoms with Crippen LogP contribution in [0.1, 0.15) is 92.9 Å². The number of ether oxygens (including phenoxy) is 4. The molecule has 0 spiro atoms. The average Bonchev–Trinajstić information content (AvgIpc) is 3.77. The van der Waals surface area contributed by atoms with Crippen molar-refractivity contribution < 1.29 is 43.9 Å². The third-order valence-corrected chi connectivity index (χ3v) is 9.65. The number of allylic oxidation sites excluding steroid dienone is 2. The van der Waals surface area contributed by atoms with Gasteiger partial charge in [0.1, 0.15) is 11.7 Å². The number of nitrogens with zero attached hydrogens (tertiary/aromatic N) is 1. The summed E-state index contributed by atoms with van der Waals surface area (Å²) in [6.07, 6.45) is 10.1. The van der Waals surface area contributed by atoms with Crippen molar-refractivity contribution in [2.75, 3.05) is 20.2 Å². The maximum absolute atomic E-state index is 13.1. The van der Waals surface area contributed by atoms with Crippen LogP contribution >= 0.6 is 0 Å². The minimum Gasteiger partial charge on any atom is -0.457 e. The van der Waals surface area contributed by atoms with Gasteiger partial charge in [-0.15, -0.1) is 0 Å². The summed E-state index contributed by atoms with van der Waals surface area (Å²) in [4.78, 5) is 27.7. The van der Waals surface area contributed by atoms with Gasteiger partial charge in [0.05, 0.1) is 36.4 Å². The van der Waals surface area contributed by atoms with Crippen LogP contribution in [-0.2, 0) is 23.7 Å². The molecule has 256 valence electrons. The van der Waals surface area contributed by atoms with Gasteiger partial charge in [0, 0.05) is 38.5 Å². The molecule has 3 heterocycles. The second-order valence-electron chi connectivity index (χ2n) is 13.7. The molecule has 1 amide bonds. The first kappa shape index (κ1) is 37.2. The number of piperidine rings is 1. The number of epoxide rings is 1. The first-order chi connectivity index (χ1) is 21.2. The van der Waals surface area contributed by atoms with Crippen LogP contribution < -0.4 is 0 Å². The zero-order valence-corrected chi connectivity index (χ0v) is 28.3. The van der Waals surface area contributed by atoms with Gasteiger partial charge in [-0.05, 0) is 70.9 Å². The molecule has 45 heavy (non-hydrogen) atoms. The summed E-state index contributed by atoms with van der Waals surface area (Å²) >= 11 is 0.